The molecule has 1 heterocycles. The lowest BCUT2D eigenvalue weighted by Crippen LogP contribution is -2.51. The van der Waals surface area contributed by atoms with Gasteiger partial charge < -0.3 is 14.7 Å². The lowest BCUT2D eigenvalue weighted by atomic mass is 9.88. The van der Waals surface area contributed by atoms with E-state index in [1.807, 2.05) is 0 Å². The average molecular weight is 274 g/mol. The molecule has 0 saturated carbocycles. The van der Waals surface area contributed by atoms with E-state index in [0.29, 0.717) is 25.9 Å². The minimum absolute atomic E-state index is 0.161. The molecule has 19 heavy (non-hydrogen) atoms. The van der Waals surface area contributed by atoms with Crippen LogP contribution in [-0.2, 0) is 14.4 Å². The topological polar surface area (TPSA) is 102 Å². The van der Waals surface area contributed by atoms with E-state index in [4.69, 9.17) is 20.6 Å². The predicted molar refractivity (Wildman–Crippen MR) is 67.3 cm³/mol. The van der Waals surface area contributed by atoms with Crippen LogP contribution in [0.4, 0.5) is 4.79 Å². The number of hydrogen-bond donors (Lipinski definition) is 2. The van der Waals surface area contributed by atoms with Crippen LogP contribution in [0.15, 0.2) is 0 Å². The highest BCUT2D eigenvalue weighted by atomic mass is 16.6. The lowest BCUT2D eigenvalue weighted by molar-refractivity contribution is -0.150. The first-order chi connectivity index (χ1) is 8.67. The van der Waals surface area contributed by atoms with Crippen molar-refractivity contribution in [3.63, 3.8) is 0 Å². The second kappa shape index (κ2) is 5.75. The highest BCUT2D eigenvalue weighted by Gasteiger charge is 2.39. The molecule has 7 heteroatoms. The fraction of sp³-hybridized carbons (Fsp3) is 0.833. The lowest BCUT2D eigenvalue weighted by Gasteiger charge is -2.39. The molecule has 0 aromatic rings. The average Bonchev–Trinajstić information content (AvgIpc) is 2.26. The smallest absolute Gasteiger partial charge is 0.410 e. The van der Waals surface area contributed by atoms with Crippen LogP contribution in [0, 0.1) is 0 Å². The third kappa shape index (κ3) is 4.68. The molecule has 1 aliphatic rings. The Balaban J connectivity index is 2.56. The summed E-state index contributed by atoms with van der Waals surface area (Å²) in [4.78, 5) is 29.0. The molecule has 1 amide bonds. The molecule has 1 saturated heterocycles. The fourth-order valence-corrected chi connectivity index (χ4v) is 2.04. The first-order valence-corrected chi connectivity index (χ1v) is 6.25. The fourth-order valence-electron chi connectivity index (χ4n) is 2.04. The van der Waals surface area contributed by atoms with Gasteiger partial charge in [-0.15, -0.1) is 0 Å². The molecule has 3 N–H and O–H groups in total. The standard InChI is InChI=1S/C12H22N2O5/c1-11(2,3)18-10(17)14-6-4-12(19-13,5-7-14)8-9(15)16/h4-8,13H2,1-3H3,(H,15,16). The van der Waals surface area contributed by atoms with Gasteiger partial charge in [0, 0.05) is 13.1 Å². The number of piperidine rings is 1. The normalized spacial score (nSPS) is 19.1. The van der Waals surface area contributed by atoms with Gasteiger partial charge in [-0.1, -0.05) is 0 Å². The summed E-state index contributed by atoms with van der Waals surface area (Å²) in [6.07, 6.45) is 0.212. The van der Waals surface area contributed by atoms with Crippen molar-refractivity contribution in [3.8, 4) is 0 Å². The molecular formula is C12H22N2O5. The van der Waals surface area contributed by atoms with Gasteiger partial charge >= 0.3 is 12.1 Å². The van der Waals surface area contributed by atoms with E-state index in [2.05, 4.69) is 0 Å². The first-order valence-electron chi connectivity index (χ1n) is 6.25. The summed E-state index contributed by atoms with van der Waals surface area (Å²) >= 11 is 0. The molecule has 0 aliphatic carbocycles. The summed E-state index contributed by atoms with van der Waals surface area (Å²) in [6.45, 7) is 6.14. The van der Waals surface area contributed by atoms with Gasteiger partial charge in [0.05, 0.1) is 6.42 Å². The summed E-state index contributed by atoms with van der Waals surface area (Å²) in [7, 11) is 0. The van der Waals surface area contributed by atoms with Crippen molar-refractivity contribution in [2.45, 2.75) is 51.2 Å². The summed E-state index contributed by atoms with van der Waals surface area (Å²) < 4.78 is 5.26. The third-order valence-electron chi connectivity index (χ3n) is 3.05. The molecule has 0 aromatic heterocycles. The zero-order valence-electron chi connectivity index (χ0n) is 11.6. The second-order valence-electron chi connectivity index (χ2n) is 5.84. The minimum Gasteiger partial charge on any atom is -0.481 e. The van der Waals surface area contributed by atoms with Gasteiger partial charge in [0.15, 0.2) is 0 Å². The molecule has 0 aromatic carbocycles. The molecule has 110 valence electrons. The number of aliphatic carboxylic acids is 1. The molecule has 0 spiro atoms. The number of carboxylic acid groups (broad SMARTS) is 1. The van der Waals surface area contributed by atoms with Crippen molar-refractivity contribution in [1.29, 1.82) is 0 Å². The second-order valence-corrected chi connectivity index (χ2v) is 5.84. The summed E-state index contributed by atoms with van der Waals surface area (Å²) in [5.41, 5.74) is -1.43. The number of rotatable bonds is 3. The number of carbonyl (C=O) groups excluding carboxylic acids is 1. The Hall–Kier alpha value is -1.34. The van der Waals surface area contributed by atoms with Gasteiger partial charge in [-0.25, -0.2) is 10.7 Å². The van der Waals surface area contributed by atoms with Gasteiger partial charge in [0.1, 0.15) is 11.2 Å². The van der Waals surface area contributed by atoms with Gasteiger partial charge in [-0.2, -0.15) is 0 Å². The number of hydrogen-bond acceptors (Lipinski definition) is 5. The molecule has 0 unspecified atom stereocenters. The third-order valence-corrected chi connectivity index (χ3v) is 3.05. The quantitative estimate of drug-likeness (QED) is 0.748. The van der Waals surface area contributed by atoms with E-state index >= 15 is 0 Å². The number of amides is 1. The number of ether oxygens (including phenoxy) is 1. The van der Waals surface area contributed by atoms with Crippen molar-refractivity contribution in [3.05, 3.63) is 0 Å². The maximum absolute atomic E-state index is 11.9. The number of nitrogens with zero attached hydrogens (tertiary/aromatic N) is 1. The van der Waals surface area contributed by atoms with Gasteiger partial charge in [0.2, 0.25) is 0 Å². The molecule has 0 radical (unpaired) electrons. The SMILES string of the molecule is CC(C)(C)OC(=O)N1CCC(CC(=O)O)(ON)CC1. The zero-order chi connectivity index (χ0) is 14.7. The summed E-state index contributed by atoms with van der Waals surface area (Å²) in [5.74, 6) is 4.25. The monoisotopic (exact) mass is 274 g/mol. The van der Waals surface area contributed by atoms with E-state index in [1.54, 1.807) is 25.7 Å². The van der Waals surface area contributed by atoms with Crippen molar-refractivity contribution in [1.82, 2.24) is 4.90 Å². The van der Waals surface area contributed by atoms with Crippen molar-refractivity contribution < 1.29 is 24.3 Å². The van der Waals surface area contributed by atoms with Gasteiger partial charge in [-0.3, -0.25) is 9.63 Å². The van der Waals surface area contributed by atoms with E-state index in [0.717, 1.165) is 0 Å². The molecular weight excluding hydrogens is 252 g/mol. The minimum atomic E-state index is -0.962. The largest absolute Gasteiger partial charge is 0.481 e. The Kier molecular flexibility index (Phi) is 4.75. The van der Waals surface area contributed by atoms with Crippen LogP contribution in [0.25, 0.3) is 0 Å². The van der Waals surface area contributed by atoms with E-state index in [-0.39, 0.29) is 6.42 Å². The predicted octanol–water partition coefficient (Wildman–Crippen LogP) is 1.12. The van der Waals surface area contributed by atoms with Crippen LogP contribution in [-0.4, -0.2) is 46.4 Å². The summed E-state index contributed by atoms with van der Waals surface area (Å²) in [5, 5.41) is 8.85. The Labute approximate surface area is 112 Å². The molecule has 1 rings (SSSR count). The van der Waals surface area contributed by atoms with Crippen LogP contribution in [0.5, 0.6) is 0 Å². The zero-order valence-corrected chi connectivity index (χ0v) is 11.6. The number of carboxylic acids is 1. The van der Waals surface area contributed by atoms with Crippen molar-refractivity contribution in [2.75, 3.05) is 13.1 Å². The molecule has 1 fully saturated rings. The van der Waals surface area contributed by atoms with Crippen LogP contribution >= 0.6 is 0 Å². The van der Waals surface area contributed by atoms with Crippen molar-refractivity contribution >= 4 is 12.1 Å². The maximum Gasteiger partial charge on any atom is 0.410 e. The Morgan fingerprint density at radius 1 is 1.32 bits per heavy atom. The Morgan fingerprint density at radius 3 is 2.21 bits per heavy atom. The van der Waals surface area contributed by atoms with Gasteiger partial charge in [0.25, 0.3) is 0 Å². The van der Waals surface area contributed by atoms with E-state index < -0.39 is 23.3 Å². The molecule has 0 atom stereocenters. The number of likely N-dealkylation sites (tertiary alicyclic amines) is 1. The number of carbonyl (C=O) groups is 2. The van der Waals surface area contributed by atoms with Crippen LogP contribution in [0.2, 0.25) is 0 Å². The summed E-state index contributed by atoms with van der Waals surface area (Å²) in [6, 6.07) is 0. The number of nitrogens with two attached hydrogens (primary N) is 1. The van der Waals surface area contributed by atoms with Crippen molar-refractivity contribution in [2.24, 2.45) is 5.90 Å². The Bertz CT molecular complexity index is 343. The van der Waals surface area contributed by atoms with E-state index in [1.165, 1.54) is 0 Å². The maximum atomic E-state index is 11.9. The van der Waals surface area contributed by atoms with Crippen LogP contribution < -0.4 is 5.90 Å². The van der Waals surface area contributed by atoms with Crippen LogP contribution in [0.1, 0.15) is 40.0 Å². The molecule has 0 bridgehead atoms. The highest BCUT2D eigenvalue weighted by Crippen LogP contribution is 2.29. The first kappa shape index (κ1) is 15.7. The molecule has 1 aliphatic heterocycles. The Morgan fingerprint density at radius 2 is 1.84 bits per heavy atom. The van der Waals surface area contributed by atoms with Gasteiger partial charge in [-0.05, 0) is 33.6 Å². The highest BCUT2D eigenvalue weighted by molar-refractivity contribution is 5.69. The van der Waals surface area contributed by atoms with Crippen LogP contribution in [0.3, 0.4) is 0 Å². The van der Waals surface area contributed by atoms with E-state index in [9.17, 15) is 9.59 Å². The molecule has 7 nitrogen and oxygen atoms in total.